The minimum absolute atomic E-state index is 0.333. The average molecular weight is 308 g/mol. The van der Waals surface area contributed by atoms with E-state index in [0.717, 1.165) is 34.8 Å². The highest BCUT2D eigenvalue weighted by Crippen LogP contribution is 2.28. The molecule has 23 heavy (non-hydrogen) atoms. The van der Waals surface area contributed by atoms with E-state index in [2.05, 4.69) is 41.5 Å². The van der Waals surface area contributed by atoms with Crippen LogP contribution in [-0.2, 0) is 13.0 Å². The molecule has 2 N–H and O–H groups in total. The molecule has 0 aliphatic carbocycles. The Kier molecular flexibility index (Phi) is 4.39. The lowest BCUT2D eigenvalue weighted by Gasteiger charge is -2.10. The first-order valence-corrected chi connectivity index (χ1v) is 7.65. The highest BCUT2D eigenvalue weighted by molar-refractivity contribution is 5.66. The number of aryl methyl sites for hydroxylation is 1. The summed E-state index contributed by atoms with van der Waals surface area (Å²) in [5.74, 6) is 0.791. The fourth-order valence-corrected chi connectivity index (χ4v) is 2.56. The molecule has 0 aliphatic rings. The standard InChI is InChI=1S/C18H20N4O/c1-3-13-7-9-15(10-8-13)22-18(17(12-19)20-21-22)14-5-4-6-16(11-14)23-2/h4-11H,3,12,19H2,1-2H3. The van der Waals surface area contributed by atoms with Gasteiger partial charge in [0.2, 0.25) is 0 Å². The largest absolute Gasteiger partial charge is 0.497 e. The van der Waals surface area contributed by atoms with E-state index in [9.17, 15) is 0 Å². The van der Waals surface area contributed by atoms with Crippen LogP contribution in [0.3, 0.4) is 0 Å². The molecule has 3 aromatic rings. The maximum Gasteiger partial charge on any atom is 0.119 e. The van der Waals surface area contributed by atoms with Gasteiger partial charge in [-0.25, -0.2) is 4.68 Å². The molecule has 1 heterocycles. The first-order valence-electron chi connectivity index (χ1n) is 7.65. The third-order valence-electron chi connectivity index (χ3n) is 3.87. The van der Waals surface area contributed by atoms with Gasteiger partial charge in [0.15, 0.2) is 0 Å². The van der Waals surface area contributed by atoms with Crippen LogP contribution in [0.1, 0.15) is 18.2 Å². The summed E-state index contributed by atoms with van der Waals surface area (Å²) in [5.41, 5.74) is 10.7. The molecular formula is C18H20N4O. The van der Waals surface area contributed by atoms with Crippen molar-refractivity contribution in [2.24, 2.45) is 5.73 Å². The maximum atomic E-state index is 5.85. The molecule has 0 saturated heterocycles. The molecule has 0 atom stereocenters. The second kappa shape index (κ2) is 6.62. The van der Waals surface area contributed by atoms with Gasteiger partial charge in [0.25, 0.3) is 0 Å². The Hall–Kier alpha value is -2.66. The van der Waals surface area contributed by atoms with Crippen LogP contribution in [0.4, 0.5) is 0 Å². The van der Waals surface area contributed by atoms with Gasteiger partial charge in [-0.1, -0.05) is 36.4 Å². The van der Waals surface area contributed by atoms with Crippen LogP contribution < -0.4 is 10.5 Å². The number of hydrogen-bond acceptors (Lipinski definition) is 4. The Balaban J connectivity index is 2.12. The van der Waals surface area contributed by atoms with Crippen molar-refractivity contribution < 1.29 is 4.74 Å². The summed E-state index contributed by atoms with van der Waals surface area (Å²) in [5, 5.41) is 8.52. The van der Waals surface area contributed by atoms with Gasteiger partial charge in [-0.2, -0.15) is 0 Å². The SMILES string of the molecule is CCc1ccc(-n2nnc(CN)c2-c2cccc(OC)c2)cc1. The number of ether oxygens (including phenoxy) is 1. The number of aromatic nitrogens is 3. The molecule has 0 unspecified atom stereocenters. The molecule has 5 heteroatoms. The topological polar surface area (TPSA) is 66.0 Å². The summed E-state index contributed by atoms with van der Waals surface area (Å²) < 4.78 is 7.15. The van der Waals surface area contributed by atoms with E-state index in [-0.39, 0.29) is 0 Å². The van der Waals surface area contributed by atoms with Gasteiger partial charge in [-0.15, -0.1) is 5.10 Å². The van der Waals surface area contributed by atoms with E-state index in [1.54, 1.807) is 7.11 Å². The number of nitrogens with two attached hydrogens (primary N) is 1. The summed E-state index contributed by atoms with van der Waals surface area (Å²) >= 11 is 0. The van der Waals surface area contributed by atoms with Gasteiger partial charge >= 0.3 is 0 Å². The zero-order valence-corrected chi connectivity index (χ0v) is 13.4. The fourth-order valence-electron chi connectivity index (χ4n) is 2.56. The molecule has 118 valence electrons. The average Bonchev–Trinajstić information content (AvgIpc) is 3.06. The van der Waals surface area contributed by atoms with Gasteiger partial charge in [0.1, 0.15) is 11.4 Å². The smallest absolute Gasteiger partial charge is 0.119 e. The lowest BCUT2D eigenvalue weighted by molar-refractivity contribution is 0.415. The summed E-state index contributed by atoms with van der Waals surface area (Å²) in [7, 11) is 1.65. The lowest BCUT2D eigenvalue weighted by atomic mass is 10.1. The Morgan fingerprint density at radius 1 is 1.13 bits per heavy atom. The number of rotatable bonds is 5. The minimum atomic E-state index is 0.333. The molecule has 0 aliphatic heterocycles. The zero-order chi connectivity index (χ0) is 16.2. The van der Waals surface area contributed by atoms with Crippen molar-refractivity contribution in [1.29, 1.82) is 0 Å². The summed E-state index contributed by atoms with van der Waals surface area (Å²) in [6.07, 6.45) is 1.01. The highest BCUT2D eigenvalue weighted by Gasteiger charge is 2.15. The molecule has 0 radical (unpaired) electrons. The van der Waals surface area contributed by atoms with Crippen molar-refractivity contribution in [3.63, 3.8) is 0 Å². The minimum Gasteiger partial charge on any atom is -0.497 e. The molecule has 1 aromatic heterocycles. The van der Waals surface area contributed by atoms with E-state index in [1.807, 2.05) is 28.9 Å². The van der Waals surface area contributed by atoms with E-state index in [4.69, 9.17) is 10.5 Å². The first kappa shape index (κ1) is 15.2. The van der Waals surface area contributed by atoms with Crippen molar-refractivity contribution in [2.75, 3.05) is 7.11 Å². The van der Waals surface area contributed by atoms with Crippen molar-refractivity contribution in [3.8, 4) is 22.7 Å². The lowest BCUT2D eigenvalue weighted by Crippen LogP contribution is -2.03. The van der Waals surface area contributed by atoms with Gasteiger partial charge in [-0.3, -0.25) is 0 Å². The Morgan fingerprint density at radius 2 is 1.91 bits per heavy atom. The van der Waals surface area contributed by atoms with E-state index < -0.39 is 0 Å². The van der Waals surface area contributed by atoms with E-state index in [0.29, 0.717) is 6.54 Å². The normalized spacial score (nSPS) is 10.7. The van der Waals surface area contributed by atoms with Gasteiger partial charge < -0.3 is 10.5 Å². The van der Waals surface area contributed by atoms with E-state index in [1.165, 1.54) is 5.56 Å². The van der Waals surface area contributed by atoms with Crippen LogP contribution in [0.15, 0.2) is 48.5 Å². The number of nitrogens with zero attached hydrogens (tertiary/aromatic N) is 3. The molecule has 0 saturated carbocycles. The Morgan fingerprint density at radius 3 is 2.57 bits per heavy atom. The first-order chi connectivity index (χ1) is 11.3. The van der Waals surface area contributed by atoms with Crippen molar-refractivity contribution in [1.82, 2.24) is 15.0 Å². The predicted molar refractivity (Wildman–Crippen MR) is 90.6 cm³/mol. The third-order valence-corrected chi connectivity index (χ3v) is 3.87. The number of benzene rings is 2. The maximum absolute atomic E-state index is 5.85. The molecule has 3 rings (SSSR count). The third kappa shape index (κ3) is 2.96. The van der Waals surface area contributed by atoms with E-state index >= 15 is 0 Å². The molecular weight excluding hydrogens is 288 g/mol. The van der Waals surface area contributed by atoms with Crippen LogP contribution in [0.25, 0.3) is 16.9 Å². The van der Waals surface area contributed by atoms with Gasteiger partial charge in [0.05, 0.1) is 18.5 Å². The van der Waals surface area contributed by atoms with Gasteiger partial charge in [-0.05, 0) is 36.2 Å². The quantitative estimate of drug-likeness (QED) is 0.787. The van der Waals surface area contributed by atoms with Gasteiger partial charge in [0, 0.05) is 12.1 Å². The predicted octanol–water partition coefficient (Wildman–Crippen LogP) is 2.96. The van der Waals surface area contributed by atoms with Crippen LogP contribution in [0.5, 0.6) is 5.75 Å². The van der Waals surface area contributed by atoms with Crippen LogP contribution in [0, 0.1) is 0 Å². The zero-order valence-electron chi connectivity index (χ0n) is 13.4. The summed E-state index contributed by atoms with van der Waals surface area (Å²) in [6.45, 7) is 2.47. The molecule has 5 nitrogen and oxygen atoms in total. The highest BCUT2D eigenvalue weighted by atomic mass is 16.5. The van der Waals surface area contributed by atoms with Crippen molar-refractivity contribution in [3.05, 3.63) is 59.8 Å². The molecule has 0 bridgehead atoms. The van der Waals surface area contributed by atoms with Crippen LogP contribution >= 0.6 is 0 Å². The molecule has 0 amide bonds. The molecule has 0 fully saturated rings. The van der Waals surface area contributed by atoms with Crippen molar-refractivity contribution >= 4 is 0 Å². The second-order valence-electron chi connectivity index (χ2n) is 5.25. The summed E-state index contributed by atoms with van der Waals surface area (Å²) in [4.78, 5) is 0. The van der Waals surface area contributed by atoms with Crippen LogP contribution in [-0.4, -0.2) is 22.1 Å². The van der Waals surface area contributed by atoms with Crippen molar-refractivity contribution in [2.45, 2.75) is 19.9 Å². The molecule has 2 aromatic carbocycles. The monoisotopic (exact) mass is 308 g/mol. The summed E-state index contributed by atoms with van der Waals surface area (Å²) in [6, 6.07) is 16.2. The second-order valence-corrected chi connectivity index (χ2v) is 5.25. The Labute approximate surface area is 135 Å². The number of hydrogen-bond donors (Lipinski definition) is 1. The fraction of sp³-hybridized carbons (Fsp3) is 0.222. The molecule has 0 spiro atoms. The Bertz CT molecular complexity index is 793. The van der Waals surface area contributed by atoms with Crippen LogP contribution in [0.2, 0.25) is 0 Å². The number of methoxy groups -OCH3 is 1.